The Morgan fingerprint density at radius 2 is 1.86 bits per heavy atom. The van der Waals surface area contributed by atoms with Gasteiger partial charge < -0.3 is 9.72 Å². The minimum Gasteiger partial charge on any atom is -0.480 e. The maximum atomic E-state index is 13.0. The third-order valence-electron chi connectivity index (χ3n) is 5.75. The Hall–Kier alpha value is -2.49. The molecule has 0 spiro atoms. The van der Waals surface area contributed by atoms with Crippen LogP contribution in [0.25, 0.3) is 22.4 Å². The first-order chi connectivity index (χ1) is 14.1. The van der Waals surface area contributed by atoms with Gasteiger partial charge in [-0.2, -0.15) is 0 Å². The van der Waals surface area contributed by atoms with Gasteiger partial charge in [0.15, 0.2) is 0 Å². The molecule has 2 amide bonds. The van der Waals surface area contributed by atoms with Crippen LogP contribution in [0.3, 0.4) is 0 Å². The van der Waals surface area contributed by atoms with E-state index in [4.69, 9.17) is 4.74 Å². The number of carbonyl (C=O) groups excluding carboxylic acids is 2. The molecule has 1 saturated carbocycles. The van der Waals surface area contributed by atoms with Gasteiger partial charge in [-0.3, -0.25) is 14.5 Å². The SMILES string of the molecule is COc1nccc(I)c1-c1nc2cc3c(cc2[nH]1)C(=O)N(C1CCCCC1)C3=O. The zero-order valence-electron chi connectivity index (χ0n) is 15.9. The number of imide groups is 1. The number of aromatic amines is 1. The number of halogens is 1. The number of nitrogens with zero attached hydrogens (tertiary/aromatic N) is 3. The Morgan fingerprint density at radius 3 is 2.59 bits per heavy atom. The van der Waals surface area contributed by atoms with Crippen molar-refractivity contribution in [1.82, 2.24) is 19.9 Å². The monoisotopic (exact) mass is 502 g/mol. The lowest BCUT2D eigenvalue weighted by atomic mass is 9.94. The molecule has 0 bridgehead atoms. The van der Waals surface area contributed by atoms with Crippen LogP contribution in [0.4, 0.5) is 0 Å². The summed E-state index contributed by atoms with van der Waals surface area (Å²) in [6.07, 6.45) is 6.77. The summed E-state index contributed by atoms with van der Waals surface area (Å²) in [5.41, 5.74) is 3.02. The molecule has 3 heterocycles. The van der Waals surface area contributed by atoms with Gasteiger partial charge in [0.2, 0.25) is 5.88 Å². The molecule has 0 radical (unpaired) electrons. The van der Waals surface area contributed by atoms with Gasteiger partial charge in [-0.05, 0) is 53.6 Å². The van der Waals surface area contributed by atoms with E-state index >= 15 is 0 Å². The number of amides is 2. The van der Waals surface area contributed by atoms with Gasteiger partial charge in [0, 0.05) is 15.8 Å². The molecule has 148 valence electrons. The van der Waals surface area contributed by atoms with Crippen LogP contribution in [0.2, 0.25) is 0 Å². The summed E-state index contributed by atoms with van der Waals surface area (Å²) in [6.45, 7) is 0. The van der Waals surface area contributed by atoms with Gasteiger partial charge in [0.25, 0.3) is 11.8 Å². The Kier molecular flexibility index (Phi) is 4.53. The smallest absolute Gasteiger partial charge is 0.261 e. The van der Waals surface area contributed by atoms with Gasteiger partial charge in [0.05, 0.1) is 34.8 Å². The predicted molar refractivity (Wildman–Crippen MR) is 116 cm³/mol. The maximum Gasteiger partial charge on any atom is 0.261 e. The number of carbonyl (C=O) groups is 2. The number of imidazole rings is 1. The highest BCUT2D eigenvalue weighted by Crippen LogP contribution is 2.35. The van der Waals surface area contributed by atoms with E-state index in [1.54, 1.807) is 25.4 Å². The van der Waals surface area contributed by atoms with Crippen molar-refractivity contribution in [1.29, 1.82) is 0 Å². The number of pyridine rings is 1. The molecule has 1 N–H and O–H groups in total. The highest BCUT2D eigenvalue weighted by atomic mass is 127. The van der Waals surface area contributed by atoms with E-state index in [-0.39, 0.29) is 17.9 Å². The Bertz CT molecular complexity index is 1100. The molecule has 2 aliphatic rings. The van der Waals surface area contributed by atoms with Crippen LogP contribution in [0, 0.1) is 3.57 Å². The molecule has 1 aromatic carbocycles. The van der Waals surface area contributed by atoms with Crippen LogP contribution in [0.5, 0.6) is 5.88 Å². The van der Waals surface area contributed by atoms with E-state index in [1.807, 2.05) is 6.07 Å². The Morgan fingerprint density at radius 1 is 1.14 bits per heavy atom. The highest BCUT2D eigenvalue weighted by Gasteiger charge is 2.40. The minimum atomic E-state index is -0.197. The zero-order valence-corrected chi connectivity index (χ0v) is 18.0. The highest BCUT2D eigenvalue weighted by molar-refractivity contribution is 14.1. The number of rotatable bonds is 3. The average Bonchev–Trinajstić information content (AvgIpc) is 3.25. The Balaban J connectivity index is 1.58. The topological polar surface area (TPSA) is 88.2 Å². The minimum absolute atomic E-state index is 0.0132. The normalized spacial score (nSPS) is 17.2. The van der Waals surface area contributed by atoms with Crippen LogP contribution in [-0.2, 0) is 0 Å². The van der Waals surface area contributed by atoms with E-state index in [0.717, 1.165) is 34.8 Å². The molecule has 5 rings (SSSR count). The summed E-state index contributed by atoms with van der Waals surface area (Å²) in [5.74, 6) is 0.682. The number of hydrogen-bond donors (Lipinski definition) is 1. The molecule has 1 aliphatic heterocycles. The van der Waals surface area contributed by atoms with E-state index in [9.17, 15) is 9.59 Å². The van der Waals surface area contributed by atoms with Gasteiger partial charge in [-0.25, -0.2) is 9.97 Å². The lowest BCUT2D eigenvalue weighted by Crippen LogP contribution is -2.40. The number of methoxy groups -OCH3 is 1. The summed E-state index contributed by atoms with van der Waals surface area (Å²) in [6, 6.07) is 5.36. The van der Waals surface area contributed by atoms with Crippen molar-refractivity contribution in [2.75, 3.05) is 7.11 Å². The first-order valence-electron chi connectivity index (χ1n) is 9.69. The number of fused-ring (bicyclic) bond motifs is 2. The van der Waals surface area contributed by atoms with E-state index in [2.05, 4.69) is 37.5 Å². The van der Waals surface area contributed by atoms with Crippen molar-refractivity contribution < 1.29 is 14.3 Å². The molecule has 8 heteroatoms. The summed E-state index contributed by atoms with van der Waals surface area (Å²) in [5, 5.41) is 0. The lowest BCUT2D eigenvalue weighted by Gasteiger charge is -2.29. The second-order valence-corrected chi connectivity index (χ2v) is 8.61. The van der Waals surface area contributed by atoms with Gasteiger partial charge in [-0.1, -0.05) is 19.3 Å². The van der Waals surface area contributed by atoms with Crippen LogP contribution in [-0.4, -0.2) is 44.8 Å². The number of hydrogen-bond acceptors (Lipinski definition) is 5. The van der Waals surface area contributed by atoms with E-state index in [1.165, 1.54) is 11.3 Å². The quantitative estimate of drug-likeness (QED) is 0.429. The number of aromatic nitrogens is 3. The van der Waals surface area contributed by atoms with E-state index in [0.29, 0.717) is 33.9 Å². The summed E-state index contributed by atoms with van der Waals surface area (Å²) in [4.78, 5) is 39.7. The molecule has 1 fully saturated rings. The molecule has 0 saturated heterocycles. The third kappa shape index (κ3) is 2.92. The third-order valence-corrected chi connectivity index (χ3v) is 6.65. The van der Waals surface area contributed by atoms with Crippen molar-refractivity contribution in [3.8, 4) is 17.3 Å². The largest absolute Gasteiger partial charge is 0.480 e. The summed E-state index contributed by atoms with van der Waals surface area (Å²) in [7, 11) is 1.57. The lowest BCUT2D eigenvalue weighted by molar-refractivity contribution is 0.0549. The Labute approximate surface area is 181 Å². The van der Waals surface area contributed by atoms with Crippen LogP contribution < -0.4 is 4.74 Å². The van der Waals surface area contributed by atoms with E-state index < -0.39 is 0 Å². The fraction of sp³-hybridized carbons (Fsp3) is 0.333. The molecule has 29 heavy (non-hydrogen) atoms. The number of nitrogens with one attached hydrogen (secondary N) is 1. The first kappa shape index (κ1) is 18.5. The van der Waals surface area contributed by atoms with Crippen LogP contribution in [0.15, 0.2) is 24.4 Å². The fourth-order valence-corrected chi connectivity index (χ4v) is 4.99. The summed E-state index contributed by atoms with van der Waals surface area (Å²) >= 11 is 2.21. The van der Waals surface area contributed by atoms with Crippen molar-refractivity contribution in [2.45, 2.75) is 38.1 Å². The van der Waals surface area contributed by atoms with Crippen molar-refractivity contribution in [3.63, 3.8) is 0 Å². The average molecular weight is 502 g/mol. The zero-order chi connectivity index (χ0) is 20.1. The number of H-pyrrole nitrogens is 1. The van der Waals surface area contributed by atoms with Gasteiger partial charge in [0.1, 0.15) is 5.82 Å². The summed E-state index contributed by atoms with van der Waals surface area (Å²) < 4.78 is 6.32. The van der Waals surface area contributed by atoms with Crippen LogP contribution in [0.1, 0.15) is 52.8 Å². The molecule has 3 aromatic rings. The molecular weight excluding hydrogens is 483 g/mol. The molecule has 0 unspecified atom stereocenters. The van der Waals surface area contributed by atoms with Crippen LogP contribution >= 0.6 is 22.6 Å². The molecule has 7 nitrogen and oxygen atoms in total. The molecular formula is C21H19IN4O3. The fourth-order valence-electron chi connectivity index (χ4n) is 4.34. The predicted octanol–water partition coefficient (Wildman–Crippen LogP) is 4.17. The van der Waals surface area contributed by atoms with Gasteiger partial charge >= 0.3 is 0 Å². The standard InChI is InChI=1S/C21H19IN4O3/c1-29-19-17(14(22)7-8-23-19)18-24-15-9-12-13(10-16(15)25-18)21(28)26(20(12)27)11-5-3-2-4-6-11/h7-11H,2-6H2,1H3,(H,24,25). The number of ether oxygens (including phenoxy) is 1. The van der Waals surface area contributed by atoms with Crippen molar-refractivity contribution >= 4 is 45.4 Å². The van der Waals surface area contributed by atoms with Crippen molar-refractivity contribution in [3.05, 3.63) is 39.1 Å². The second-order valence-electron chi connectivity index (χ2n) is 7.45. The van der Waals surface area contributed by atoms with Crippen molar-refractivity contribution in [2.24, 2.45) is 0 Å². The van der Waals surface area contributed by atoms with Gasteiger partial charge in [-0.15, -0.1) is 0 Å². The first-order valence-corrected chi connectivity index (χ1v) is 10.8. The second kappa shape index (κ2) is 7.08. The molecule has 1 aliphatic carbocycles. The molecule has 2 aromatic heterocycles. The molecule has 0 atom stereocenters. The maximum absolute atomic E-state index is 13.0. The number of benzene rings is 1.